The third kappa shape index (κ3) is 2.52. The van der Waals surface area contributed by atoms with Gasteiger partial charge in [0.25, 0.3) is 0 Å². The lowest BCUT2D eigenvalue weighted by molar-refractivity contribution is 0.805. The van der Waals surface area contributed by atoms with E-state index in [1.807, 2.05) is 0 Å². The molecule has 1 heterocycles. The minimum atomic E-state index is 0.451. The van der Waals surface area contributed by atoms with Gasteiger partial charge in [-0.1, -0.05) is 13.8 Å². The topological polar surface area (TPSA) is 37.8 Å². The Morgan fingerprint density at radius 2 is 2.15 bits per heavy atom. The van der Waals surface area contributed by atoms with E-state index in [0.717, 1.165) is 21.6 Å². The fourth-order valence-electron chi connectivity index (χ4n) is 1.08. The third-order valence-corrected chi connectivity index (χ3v) is 2.77. The third-order valence-electron chi connectivity index (χ3n) is 1.71. The lowest BCUT2D eigenvalue weighted by Gasteiger charge is -2.10. The number of nitrogens with one attached hydrogen (secondary N) is 1. The van der Waals surface area contributed by atoms with Gasteiger partial charge in [0.2, 0.25) is 0 Å². The van der Waals surface area contributed by atoms with Crippen LogP contribution >= 0.6 is 22.6 Å². The number of rotatable bonds is 3. The van der Waals surface area contributed by atoms with Crippen molar-refractivity contribution in [1.29, 1.82) is 0 Å². The first-order chi connectivity index (χ1) is 6.16. The molecule has 0 bridgehead atoms. The van der Waals surface area contributed by atoms with E-state index < -0.39 is 0 Å². The molecule has 0 aromatic carbocycles. The van der Waals surface area contributed by atoms with Gasteiger partial charge in [-0.05, 0) is 35.4 Å². The zero-order valence-corrected chi connectivity index (χ0v) is 10.3. The standard InChI is InChI=1S/C9H14IN3/c1-4-11-9-7(10)8(6(2)3)12-5-13-9/h5-6H,4H2,1-3H3,(H,11,12,13). The van der Waals surface area contributed by atoms with Gasteiger partial charge in [0.05, 0.1) is 9.26 Å². The van der Waals surface area contributed by atoms with Crippen LogP contribution in [-0.2, 0) is 0 Å². The fourth-order valence-corrected chi connectivity index (χ4v) is 2.17. The van der Waals surface area contributed by atoms with Crippen molar-refractivity contribution in [3.63, 3.8) is 0 Å². The Morgan fingerprint density at radius 3 is 2.69 bits per heavy atom. The number of hydrogen-bond donors (Lipinski definition) is 1. The van der Waals surface area contributed by atoms with Crippen molar-refractivity contribution < 1.29 is 0 Å². The lowest BCUT2D eigenvalue weighted by Crippen LogP contribution is -2.06. The second kappa shape index (κ2) is 4.74. The van der Waals surface area contributed by atoms with Crippen molar-refractivity contribution in [2.75, 3.05) is 11.9 Å². The van der Waals surface area contributed by atoms with E-state index >= 15 is 0 Å². The number of nitrogens with zero attached hydrogens (tertiary/aromatic N) is 2. The molecule has 0 saturated carbocycles. The minimum Gasteiger partial charge on any atom is -0.369 e. The van der Waals surface area contributed by atoms with E-state index in [9.17, 15) is 0 Å². The van der Waals surface area contributed by atoms with Crippen LogP contribution in [0, 0.1) is 3.57 Å². The average molecular weight is 291 g/mol. The van der Waals surface area contributed by atoms with Crippen molar-refractivity contribution in [2.45, 2.75) is 26.7 Å². The molecule has 0 spiro atoms. The number of aromatic nitrogens is 2. The molecule has 0 atom stereocenters. The summed E-state index contributed by atoms with van der Waals surface area (Å²) in [6.07, 6.45) is 1.62. The van der Waals surface area contributed by atoms with Gasteiger partial charge in [0, 0.05) is 6.54 Å². The summed E-state index contributed by atoms with van der Waals surface area (Å²) in [6, 6.07) is 0. The molecule has 0 aliphatic heterocycles. The summed E-state index contributed by atoms with van der Waals surface area (Å²) in [4.78, 5) is 8.44. The summed E-state index contributed by atoms with van der Waals surface area (Å²) >= 11 is 2.29. The maximum Gasteiger partial charge on any atom is 0.143 e. The van der Waals surface area contributed by atoms with Gasteiger partial charge in [-0.2, -0.15) is 0 Å². The predicted octanol–water partition coefficient (Wildman–Crippen LogP) is 2.64. The maximum absolute atomic E-state index is 4.26. The van der Waals surface area contributed by atoms with Crippen LogP contribution in [0.5, 0.6) is 0 Å². The monoisotopic (exact) mass is 291 g/mol. The summed E-state index contributed by atoms with van der Waals surface area (Å²) in [5.74, 6) is 1.40. The zero-order valence-electron chi connectivity index (χ0n) is 8.13. The molecule has 4 heteroatoms. The normalized spacial score (nSPS) is 10.5. The molecule has 1 rings (SSSR count). The van der Waals surface area contributed by atoms with Gasteiger partial charge in [-0.15, -0.1) is 0 Å². The van der Waals surface area contributed by atoms with E-state index in [1.165, 1.54) is 0 Å². The van der Waals surface area contributed by atoms with Crippen LogP contribution in [0.4, 0.5) is 5.82 Å². The fraction of sp³-hybridized carbons (Fsp3) is 0.556. The lowest BCUT2D eigenvalue weighted by atomic mass is 10.1. The Labute approximate surface area is 92.5 Å². The number of anilines is 1. The molecule has 0 aliphatic rings. The van der Waals surface area contributed by atoms with Crippen molar-refractivity contribution in [1.82, 2.24) is 9.97 Å². The van der Waals surface area contributed by atoms with E-state index in [0.29, 0.717) is 5.92 Å². The Kier molecular flexibility index (Phi) is 3.90. The second-order valence-corrected chi connectivity index (χ2v) is 4.19. The van der Waals surface area contributed by atoms with Gasteiger partial charge in [0.15, 0.2) is 0 Å². The highest BCUT2D eigenvalue weighted by atomic mass is 127. The van der Waals surface area contributed by atoms with Gasteiger partial charge in [-0.3, -0.25) is 0 Å². The summed E-state index contributed by atoms with van der Waals surface area (Å²) in [5, 5.41) is 3.21. The van der Waals surface area contributed by atoms with Crippen molar-refractivity contribution in [3.05, 3.63) is 15.6 Å². The highest BCUT2D eigenvalue weighted by Crippen LogP contribution is 2.23. The Morgan fingerprint density at radius 1 is 1.46 bits per heavy atom. The molecule has 0 radical (unpaired) electrons. The average Bonchev–Trinajstić information content (AvgIpc) is 2.08. The van der Waals surface area contributed by atoms with E-state index in [-0.39, 0.29) is 0 Å². The molecule has 72 valence electrons. The molecule has 0 saturated heterocycles. The molecule has 0 fully saturated rings. The molecule has 1 N–H and O–H groups in total. The van der Waals surface area contributed by atoms with Crippen LogP contribution in [0.1, 0.15) is 32.4 Å². The Balaban J connectivity index is 3.03. The van der Waals surface area contributed by atoms with Crippen LogP contribution in [-0.4, -0.2) is 16.5 Å². The van der Waals surface area contributed by atoms with Crippen LogP contribution in [0.15, 0.2) is 6.33 Å². The van der Waals surface area contributed by atoms with Gasteiger partial charge in [0.1, 0.15) is 12.1 Å². The van der Waals surface area contributed by atoms with Gasteiger partial charge < -0.3 is 5.32 Å². The van der Waals surface area contributed by atoms with Crippen molar-refractivity contribution >= 4 is 28.4 Å². The largest absolute Gasteiger partial charge is 0.369 e. The highest BCUT2D eigenvalue weighted by Gasteiger charge is 2.10. The molecule has 13 heavy (non-hydrogen) atoms. The molecule has 1 aromatic heterocycles. The molecular formula is C9H14IN3. The second-order valence-electron chi connectivity index (χ2n) is 3.11. The number of hydrogen-bond acceptors (Lipinski definition) is 3. The molecular weight excluding hydrogens is 277 g/mol. The Hall–Kier alpha value is -0.390. The zero-order chi connectivity index (χ0) is 9.84. The molecule has 0 aliphatic carbocycles. The number of halogens is 1. The first kappa shape index (κ1) is 10.7. The van der Waals surface area contributed by atoms with Crippen LogP contribution in [0.3, 0.4) is 0 Å². The first-order valence-corrected chi connectivity index (χ1v) is 5.49. The van der Waals surface area contributed by atoms with Crippen LogP contribution < -0.4 is 5.32 Å². The summed E-state index contributed by atoms with van der Waals surface area (Å²) in [6.45, 7) is 7.23. The van der Waals surface area contributed by atoms with Crippen molar-refractivity contribution in [2.24, 2.45) is 0 Å². The van der Waals surface area contributed by atoms with Crippen LogP contribution in [0.25, 0.3) is 0 Å². The van der Waals surface area contributed by atoms with Crippen molar-refractivity contribution in [3.8, 4) is 0 Å². The van der Waals surface area contributed by atoms with E-state index in [4.69, 9.17) is 0 Å². The van der Waals surface area contributed by atoms with E-state index in [1.54, 1.807) is 6.33 Å². The quantitative estimate of drug-likeness (QED) is 0.870. The minimum absolute atomic E-state index is 0.451. The molecule has 3 nitrogen and oxygen atoms in total. The van der Waals surface area contributed by atoms with Crippen LogP contribution in [0.2, 0.25) is 0 Å². The van der Waals surface area contributed by atoms with E-state index in [2.05, 4.69) is 58.6 Å². The van der Waals surface area contributed by atoms with Gasteiger partial charge in [-0.25, -0.2) is 9.97 Å². The predicted molar refractivity (Wildman–Crippen MR) is 63.0 cm³/mol. The highest BCUT2D eigenvalue weighted by molar-refractivity contribution is 14.1. The molecule has 0 unspecified atom stereocenters. The van der Waals surface area contributed by atoms with Gasteiger partial charge >= 0.3 is 0 Å². The molecule has 1 aromatic rings. The maximum atomic E-state index is 4.26. The summed E-state index contributed by atoms with van der Waals surface area (Å²) in [5.41, 5.74) is 1.12. The molecule has 0 amide bonds. The SMILES string of the molecule is CCNc1ncnc(C(C)C)c1I. The smallest absolute Gasteiger partial charge is 0.143 e. The Bertz CT molecular complexity index is 286. The summed E-state index contributed by atoms with van der Waals surface area (Å²) < 4.78 is 1.14. The summed E-state index contributed by atoms with van der Waals surface area (Å²) in [7, 11) is 0. The first-order valence-electron chi connectivity index (χ1n) is 4.41.